The average Bonchev–Trinajstić information content (AvgIpc) is 3.42. The molecule has 2 amide bonds. The fourth-order valence-electron chi connectivity index (χ4n) is 3.93. The van der Waals surface area contributed by atoms with Crippen LogP contribution in [0.25, 0.3) is 17.1 Å². The summed E-state index contributed by atoms with van der Waals surface area (Å²) < 4.78 is 12.2. The molecule has 10 heteroatoms. The molecular weight excluding hydrogens is 446 g/mol. The molecule has 0 bridgehead atoms. The number of aromatic nitrogens is 3. The number of methoxy groups -OCH3 is 2. The second kappa shape index (κ2) is 9.11. The molecule has 172 valence electrons. The summed E-state index contributed by atoms with van der Waals surface area (Å²) in [6, 6.07) is 5.31. The minimum absolute atomic E-state index is 0.235. The zero-order valence-electron chi connectivity index (χ0n) is 18.8. The zero-order valence-corrected chi connectivity index (χ0v) is 19.6. The number of pyridine rings is 1. The topological polar surface area (TPSA) is 89.8 Å². The van der Waals surface area contributed by atoms with Gasteiger partial charge < -0.3 is 9.47 Å². The van der Waals surface area contributed by atoms with Crippen LogP contribution in [0.1, 0.15) is 28.0 Å². The van der Waals surface area contributed by atoms with Crippen LogP contribution < -0.4 is 9.47 Å². The van der Waals surface area contributed by atoms with Crippen LogP contribution in [-0.4, -0.2) is 63.9 Å². The van der Waals surface area contributed by atoms with E-state index in [0.717, 1.165) is 0 Å². The molecule has 0 radical (unpaired) electrons. The van der Waals surface area contributed by atoms with Gasteiger partial charge in [-0.3, -0.25) is 14.3 Å². The quantitative estimate of drug-likeness (QED) is 0.533. The molecule has 1 fully saturated rings. The molecule has 3 heterocycles. The van der Waals surface area contributed by atoms with Gasteiger partial charge in [0.25, 0.3) is 11.8 Å². The van der Waals surface area contributed by atoms with Gasteiger partial charge >= 0.3 is 0 Å². The number of rotatable bonds is 5. The number of fused-ring (bicyclic) bond motifs is 1. The van der Waals surface area contributed by atoms with Gasteiger partial charge in [0, 0.05) is 38.0 Å². The first kappa shape index (κ1) is 22.6. The first-order valence-corrected chi connectivity index (χ1v) is 10.7. The molecule has 1 aromatic carbocycles. The summed E-state index contributed by atoms with van der Waals surface area (Å²) in [5.74, 6) is 0.542. The molecule has 0 saturated carbocycles. The highest BCUT2D eigenvalue weighted by atomic mass is 35.5. The van der Waals surface area contributed by atoms with Crippen LogP contribution >= 0.6 is 11.6 Å². The van der Waals surface area contributed by atoms with E-state index >= 15 is 0 Å². The van der Waals surface area contributed by atoms with Crippen molar-refractivity contribution < 1.29 is 19.1 Å². The standard InChI is InChI=1S/C23H24ClN5O4/c1-14-20-21(24)17(13-25-22(20)27(2)26-14)23(31)29-11-5-10-28(29)19(30)9-6-15-12-16(32-3)7-8-18(15)33-4/h6-9,12-13H,5,10-11H2,1-4H3/b9-6+. The summed E-state index contributed by atoms with van der Waals surface area (Å²) in [7, 11) is 4.89. The zero-order chi connectivity index (χ0) is 23.7. The van der Waals surface area contributed by atoms with Gasteiger partial charge in [-0.1, -0.05) is 11.6 Å². The van der Waals surface area contributed by atoms with E-state index in [-0.39, 0.29) is 22.4 Å². The maximum atomic E-state index is 13.3. The van der Waals surface area contributed by atoms with Crippen molar-refractivity contribution in [3.63, 3.8) is 0 Å². The maximum absolute atomic E-state index is 13.3. The Labute approximate surface area is 196 Å². The smallest absolute Gasteiger partial charge is 0.275 e. The Kier molecular flexibility index (Phi) is 6.24. The third kappa shape index (κ3) is 4.11. The number of hydrogen-bond donors (Lipinski definition) is 0. The maximum Gasteiger partial charge on any atom is 0.275 e. The van der Waals surface area contributed by atoms with E-state index < -0.39 is 0 Å². The lowest BCUT2D eigenvalue weighted by atomic mass is 10.1. The van der Waals surface area contributed by atoms with E-state index in [1.54, 1.807) is 50.2 Å². The number of carbonyl (C=O) groups is 2. The van der Waals surface area contributed by atoms with Crippen molar-refractivity contribution >= 4 is 40.5 Å². The average molecular weight is 470 g/mol. The lowest BCUT2D eigenvalue weighted by Gasteiger charge is -2.27. The highest BCUT2D eigenvalue weighted by molar-refractivity contribution is 6.38. The van der Waals surface area contributed by atoms with Crippen LogP contribution in [-0.2, 0) is 11.8 Å². The highest BCUT2D eigenvalue weighted by Gasteiger charge is 2.32. The second-order valence-electron chi connectivity index (χ2n) is 7.58. The van der Waals surface area contributed by atoms with E-state index in [9.17, 15) is 9.59 Å². The predicted molar refractivity (Wildman–Crippen MR) is 124 cm³/mol. The monoisotopic (exact) mass is 469 g/mol. The van der Waals surface area contributed by atoms with Crippen molar-refractivity contribution in [2.24, 2.45) is 7.05 Å². The number of amides is 2. The molecule has 2 aromatic heterocycles. The lowest BCUT2D eigenvalue weighted by Crippen LogP contribution is -2.44. The van der Waals surface area contributed by atoms with E-state index in [0.29, 0.717) is 53.3 Å². The fourth-order valence-corrected chi connectivity index (χ4v) is 4.28. The van der Waals surface area contributed by atoms with E-state index in [2.05, 4.69) is 10.1 Å². The predicted octanol–water partition coefficient (Wildman–Crippen LogP) is 3.25. The Hall–Kier alpha value is -3.59. The minimum Gasteiger partial charge on any atom is -0.497 e. The minimum atomic E-state index is -0.379. The summed E-state index contributed by atoms with van der Waals surface area (Å²) in [5.41, 5.74) is 2.20. The van der Waals surface area contributed by atoms with Crippen LogP contribution in [0, 0.1) is 6.92 Å². The molecule has 33 heavy (non-hydrogen) atoms. The number of hydrogen-bond acceptors (Lipinski definition) is 6. The molecule has 4 rings (SSSR count). The van der Waals surface area contributed by atoms with Gasteiger partial charge in [-0.25, -0.2) is 15.0 Å². The summed E-state index contributed by atoms with van der Waals surface area (Å²) >= 11 is 6.58. The summed E-state index contributed by atoms with van der Waals surface area (Å²) in [6.07, 6.45) is 5.15. The molecule has 0 aliphatic carbocycles. The molecule has 9 nitrogen and oxygen atoms in total. The van der Waals surface area contributed by atoms with Gasteiger partial charge in [0.15, 0.2) is 5.65 Å². The number of hydrazine groups is 1. The van der Waals surface area contributed by atoms with Crippen LogP contribution in [0.4, 0.5) is 0 Å². The largest absolute Gasteiger partial charge is 0.497 e. The Bertz CT molecular complexity index is 1270. The number of halogens is 1. The number of ether oxygens (including phenoxy) is 2. The fraction of sp³-hybridized carbons (Fsp3) is 0.304. The Morgan fingerprint density at radius 1 is 1.15 bits per heavy atom. The number of benzene rings is 1. The molecule has 1 aliphatic rings. The number of nitrogens with zero attached hydrogens (tertiary/aromatic N) is 5. The molecule has 1 aliphatic heterocycles. The van der Waals surface area contributed by atoms with Crippen molar-refractivity contribution in [3.05, 3.63) is 52.3 Å². The molecular formula is C23H24ClN5O4. The lowest BCUT2D eigenvalue weighted by molar-refractivity contribution is -0.134. The van der Waals surface area contributed by atoms with Gasteiger partial charge in [-0.15, -0.1) is 0 Å². The molecule has 3 aromatic rings. The molecule has 0 atom stereocenters. The SMILES string of the molecule is COc1ccc(OC)c(/C=C/C(=O)N2CCCN2C(=O)c2cnc3c(c(C)nn3C)c2Cl)c1. The third-order valence-electron chi connectivity index (χ3n) is 5.56. The van der Waals surface area contributed by atoms with Crippen molar-refractivity contribution in [3.8, 4) is 11.5 Å². The Morgan fingerprint density at radius 3 is 2.64 bits per heavy atom. The first-order valence-electron chi connectivity index (χ1n) is 10.4. The van der Waals surface area contributed by atoms with Gasteiger partial charge in [-0.2, -0.15) is 5.10 Å². The summed E-state index contributed by atoms with van der Waals surface area (Å²) in [6.45, 7) is 2.64. The van der Waals surface area contributed by atoms with Crippen LogP contribution in [0.3, 0.4) is 0 Å². The Balaban J connectivity index is 1.59. The molecule has 1 saturated heterocycles. The van der Waals surface area contributed by atoms with Crippen molar-refractivity contribution in [1.29, 1.82) is 0 Å². The van der Waals surface area contributed by atoms with Gasteiger partial charge in [-0.05, 0) is 37.6 Å². The van der Waals surface area contributed by atoms with Crippen LogP contribution in [0.2, 0.25) is 5.02 Å². The second-order valence-corrected chi connectivity index (χ2v) is 7.96. The van der Waals surface area contributed by atoms with E-state index in [1.807, 2.05) is 6.92 Å². The number of carbonyl (C=O) groups excluding carboxylic acids is 2. The molecule has 0 unspecified atom stereocenters. The van der Waals surface area contributed by atoms with Gasteiger partial charge in [0.2, 0.25) is 0 Å². The summed E-state index contributed by atoms with van der Waals surface area (Å²) in [4.78, 5) is 30.7. The van der Waals surface area contributed by atoms with Crippen LogP contribution in [0.15, 0.2) is 30.5 Å². The van der Waals surface area contributed by atoms with E-state index in [1.165, 1.54) is 22.3 Å². The van der Waals surface area contributed by atoms with Crippen LogP contribution in [0.5, 0.6) is 11.5 Å². The van der Waals surface area contributed by atoms with E-state index in [4.69, 9.17) is 21.1 Å². The molecule has 0 N–H and O–H groups in total. The first-order chi connectivity index (χ1) is 15.8. The van der Waals surface area contributed by atoms with Gasteiger partial charge in [0.05, 0.1) is 35.9 Å². The van der Waals surface area contributed by atoms with Crippen molar-refractivity contribution in [1.82, 2.24) is 24.8 Å². The number of aryl methyl sites for hydroxylation is 2. The third-order valence-corrected chi connectivity index (χ3v) is 5.95. The molecule has 0 spiro atoms. The van der Waals surface area contributed by atoms with Crippen molar-refractivity contribution in [2.75, 3.05) is 27.3 Å². The normalized spacial score (nSPS) is 13.8. The van der Waals surface area contributed by atoms with Crippen molar-refractivity contribution in [2.45, 2.75) is 13.3 Å². The highest BCUT2D eigenvalue weighted by Crippen LogP contribution is 2.30. The Morgan fingerprint density at radius 2 is 1.91 bits per heavy atom. The summed E-state index contributed by atoms with van der Waals surface area (Å²) in [5, 5.41) is 8.07. The van der Waals surface area contributed by atoms with Gasteiger partial charge in [0.1, 0.15) is 11.5 Å².